The maximum Gasteiger partial charge on any atom is 0.165 e. The number of hydrogen-bond acceptors (Lipinski definition) is 4. The number of benzene rings is 2. The van der Waals surface area contributed by atoms with Crippen LogP contribution < -0.4 is 4.74 Å². The summed E-state index contributed by atoms with van der Waals surface area (Å²) < 4.78 is 6.39. The largest absolute Gasteiger partial charge is 0.504 e. The van der Waals surface area contributed by atoms with E-state index in [4.69, 9.17) is 4.74 Å². The van der Waals surface area contributed by atoms with Crippen LogP contribution in [0.1, 0.15) is 35.4 Å². The number of phenols is 1. The van der Waals surface area contributed by atoms with Crippen LogP contribution in [0.3, 0.4) is 0 Å². The minimum atomic E-state index is -0.564. The van der Waals surface area contributed by atoms with Crippen molar-refractivity contribution >= 4 is 0 Å². The van der Waals surface area contributed by atoms with Crippen molar-refractivity contribution in [2.24, 2.45) is 5.92 Å². The summed E-state index contributed by atoms with van der Waals surface area (Å²) in [6.45, 7) is 1.01. The van der Waals surface area contributed by atoms with Crippen molar-refractivity contribution in [3.8, 4) is 11.5 Å². The first-order chi connectivity index (χ1) is 13.1. The van der Waals surface area contributed by atoms with E-state index in [0.29, 0.717) is 17.7 Å². The van der Waals surface area contributed by atoms with Gasteiger partial charge in [-0.1, -0.05) is 36.4 Å². The van der Waals surface area contributed by atoms with Crippen molar-refractivity contribution in [2.75, 3.05) is 13.6 Å². The molecule has 140 valence electrons. The second-order valence-corrected chi connectivity index (χ2v) is 8.88. The minimum Gasteiger partial charge on any atom is -0.504 e. The molecule has 2 aliphatic carbocycles. The molecule has 4 aliphatic rings. The fourth-order valence-corrected chi connectivity index (χ4v) is 6.74. The van der Waals surface area contributed by atoms with Crippen molar-refractivity contribution in [1.82, 2.24) is 4.90 Å². The zero-order valence-corrected chi connectivity index (χ0v) is 15.5. The standard InChI is InChI=1S/C23H25NO3/c1-24-10-9-23-16-12-15(13-5-3-2-4-6-13)20(26)22(23)27-21-18(25)8-7-14(19(21)23)11-17(16)24/h2-8,15-17,20,22,25-26H,9-12H2,1H3/t15-,16+,17-,20+,22+,23+/m1/s1. The zero-order valence-electron chi connectivity index (χ0n) is 15.5. The van der Waals surface area contributed by atoms with E-state index in [-0.39, 0.29) is 23.2 Å². The van der Waals surface area contributed by atoms with Crippen LogP contribution in [0.15, 0.2) is 42.5 Å². The first-order valence-corrected chi connectivity index (χ1v) is 10.1. The van der Waals surface area contributed by atoms with E-state index >= 15 is 0 Å². The van der Waals surface area contributed by atoms with Crippen LogP contribution in [0.2, 0.25) is 0 Å². The highest BCUT2D eigenvalue weighted by Gasteiger charge is 2.67. The van der Waals surface area contributed by atoms with Gasteiger partial charge in [-0.15, -0.1) is 0 Å². The monoisotopic (exact) mass is 363 g/mol. The lowest BCUT2D eigenvalue weighted by Gasteiger charge is -2.60. The molecule has 6 rings (SSSR count). The topological polar surface area (TPSA) is 52.9 Å². The van der Waals surface area contributed by atoms with E-state index in [2.05, 4.69) is 42.3 Å². The van der Waals surface area contributed by atoms with E-state index in [1.807, 2.05) is 6.07 Å². The summed E-state index contributed by atoms with van der Waals surface area (Å²) in [6.07, 6.45) is 2.11. The molecule has 1 spiro atoms. The maximum atomic E-state index is 11.4. The minimum absolute atomic E-state index is 0.0707. The van der Waals surface area contributed by atoms with Gasteiger partial charge in [-0.2, -0.15) is 0 Å². The van der Waals surface area contributed by atoms with Gasteiger partial charge in [0.05, 0.1) is 6.10 Å². The Hall–Kier alpha value is -2.04. The van der Waals surface area contributed by atoms with Gasteiger partial charge in [0.1, 0.15) is 6.10 Å². The van der Waals surface area contributed by atoms with Gasteiger partial charge in [-0.25, -0.2) is 0 Å². The van der Waals surface area contributed by atoms with Crippen LogP contribution in [0, 0.1) is 5.92 Å². The van der Waals surface area contributed by atoms with Crippen molar-refractivity contribution in [2.45, 2.75) is 48.8 Å². The molecule has 6 atom stereocenters. The summed E-state index contributed by atoms with van der Waals surface area (Å²) in [5, 5.41) is 22.0. The van der Waals surface area contributed by atoms with E-state index in [9.17, 15) is 10.2 Å². The van der Waals surface area contributed by atoms with Gasteiger partial charge in [0.2, 0.25) is 0 Å². The van der Waals surface area contributed by atoms with Crippen molar-refractivity contribution in [3.05, 3.63) is 59.2 Å². The SMILES string of the molecule is CN1CC[C@]23c4c5ccc(O)c4O[C@H]2[C@@H](O)[C@@H](c2ccccc2)C[C@H]3[C@H]1C5. The molecule has 2 bridgehead atoms. The molecule has 2 heterocycles. The highest BCUT2D eigenvalue weighted by molar-refractivity contribution is 5.61. The Morgan fingerprint density at radius 1 is 1.15 bits per heavy atom. The molecule has 0 radical (unpaired) electrons. The summed E-state index contributed by atoms with van der Waals surface area (Å²) in [5.74, 6) is 1.36. The Bertz CT molecular complexity index is 913. The van der Waals surface area contributed by atoms with Crippen LogP contribution in [-0.2, 0) is 11.8 Å². The normalized spacial score (nSPS) is 39.0. The third-order valence-electron chi connectivity index (χ3n) is 7.90. The lowest BCUT2D eigenvalue weighted by Crippen LogP contribution is -2.67. The Kier molecular flexibility index (Phi) is 3.12. The summed E-state index contributed by atoms with van der Waals surface area (Å²) in [4.78, 5) is 2.50. The van der Waals surface area contributed by atoms with Crippen LogP contribution in [0.25, 0.3) is 0 Å². The molecule has 0 aromatic heterocycles. The number of ether oxygens (including phenoxy) is 1. The fraction of sp³-hybridized carbons (Fsp3) is 0.478. The average molecular weight is 363 g/mol. The summed E-state index contributed by atoms with van der Waals surface area (Å²) in [6, 6.07) is 14.7. The molecule has 27 heavy (non-hydrogen) atoms. The number of aliphatic hydroxyl groups is 1. The second-order valence-electron chi connectivity index (χ2n) is 8.88. The first-order valence-electron chi connectivity index (χ1n) is 10.1. The summed E-state index contributed by atoms with van der Waals surface area (Å²) >= 11 is 0. The number of nitrogens with zero attached hydrogens (tertiary/aromatic N) is 1. The first kappa shape index (κ1) is 16.0. The quantitative estimate of drug-likeness (QED) is 0.818. The van der Waals surface area contributed by atoms with E-state index < -0.39 is 6.10 Å². The van der Waals surface area contributed by atoms with Gasteiger partial charge >= 0.3 is 0 Å². The van der Waals surface area contributed by atoms with Crippen LogP contribution in [0.4, 0.5) is 0 Å². The second kappa shape index (κ2) is 5.27. The molecule has 2 aliphatic heterocycles. The Labute approximate surface area is 159 Å². The molecule has 2 aromatic carbocycles. The molecule has 1 saturated carbocycles. The number of piperidine rings is 1. The average Bonchev–Trinajstić information content (AvgIpc) is 3.04. The molecule has 1 saturated heterocycles. The lowest BCUT2D eigenvalue weighted by atomic mass is 9.49. The third kappa shape index (κ3) is 1.85. The maximum absolute atomic E-state index is 11.4. The number of phenolic OH excluding ortho intramolecular Hbond substituents is 1. The Balaban J connectivity index is 1.56. The van der Waals surface area contributed by atoms with Crippen LogP contribution in [0.5, 0.6) is 11.5 Å². The van der Waals surface area contributed by atoms with Crippen molar-refractivity contribution in [1.29, 1.82) is 0 Å². The summed E-state index contributed by atoms with van der Waals surface area (Å²) in [5.41, 5.74) is 3.52. The predicted octanol–water partition coefficient (Wildman–Crippen LogP) is 2.82. The van der Waals surface area contributed by atoms with Gasteiger partial charge in [-0.05, 0) is 56.0 Å². The van der Waals surface area contributed by atoms with Gasteiger partial charge in [0.15, 0.2) is 11.5 Å². The van der Waals surface area contributed by atoms with Gasteiger partial charge in [0, 0.05) is 22.9 Å². The van der Waals surface area contributed by atoms with Gasteiger partial charge in [-0.3, -0.25) is 0 Å². The highest BCUT2D eigenvalue weighted by atomic mass is 16.5. The molecule has 2 fully saturated rings. The molecule has 4 nitrogen and oxygen atoms in total. The van der Waals surface area contributed by atoms with Gasteiger partial charge in [0.25, 0.3) is 0 Å². The van der Waals surface area contributed by atoms with Crippen molar-refractivity contribution in [3.63, 3.8) is 0 Å². The number of likely N-dealkylation sites (tertiary alicyclic amines) is 1. The molecule has 2 N–H and O–H groups in total. The molecule has 0 amide bonds. The fourth-order valence-electron chi connectivity index (χ4n) is 6.74. The lowest BCUT2D eigenvalue weighted by molar-refractivity contribution is -0.110. The zero-order chi connectivity index (χ0) is 18.3. The number of likely N-dealkylation sites (N-methyl/N-ethyl adjacent to an activating group) is 1. The van der Waals surface area contributed by atoms with E-state index in [0.717, 1.165) is 25.8 Å². The smallest absolute Gasteiger partial charge is 0.165 e. The van der Waals surface area contributed by atoms with Crippen molar-refractivity contribution < 1.29 is 14.9 Å². The molecule has 2 aromatic rings. The third-order valence-corrected chi connectivity index (χ3v) is 7.90. The number of aliphatic hydroxyl groups excluding tert-OH is 1. The van der Waals surface area contributed by atoms with E-state index in [1.165, 1.54) is 16.7 Å². The summed E-state index contributed by atoms with van der Waals surface area (Å²) in [7, 11) is 2.23. The Morgan fingerprint density at radius 3 is 2.78 bits per heavy atom. The molecular weight excluding hydrogens is 338 g/mol. The highest BCUT2D eigenvalue weighted by Crippen LogP contribution is 2.65. The van der Waals surface area contributed by atoms with Crippen LogP contribution >= 0.6 is 0 Å². The molecular formula is C23H25NO3. The molecule has 4 heteroatoms. The number of rotatable bonds is 1. The Morgan fingerprint density at radius 2 is 1.96 bits per heavy atom. The molecule has 0 unspecified atom stereocenters. The number of aromatic hydroxyl groups is 1. The number of hydrogen-bond donors (Lipinski definition) is 2. The van der Waals surface area contributed by atoms with E-state index in [1.54, 1.807) is 6.07 Å². The predicted molar refractivity (Wildman–Crippen MR) is 102 cm³/mol. The van der Waals surface area contributed by atoms with Crippen LogP contribution in [-0.4, -0.2) is 47.0 Å². The van der Waals surface area contributed by atoms with Gasteiger partial charge < -0.3 is 19.8 Å².